The summed E-state index contributed by atoms with van der Waals surface area (Å²) in [4.78, 5) is 13.2. The molecule has 0 spiro atoms. The highest BCUT2D eigenvalue weighted by Crippen LogP contribution is 2.21. The number of quaternary nitrogens is 1. The number of unbranched alkanes of at least 4 members (excludes halogenated alkanes) is 7. The van der Waals surface area contributed by atoms with E-state index in [-0.39, 0.29) is 24.7 Å². The minimum absolute atomic E-state index is 0.129. The van der Waals surface area contributed by atoms with E-state index in [1.807, 2.05) is 6.07 Å². The van der Waals surface area contributed by atoms with Crippen LogP contribution in [-0.4, -0.2) is 43.3 Å². The molecule has 0 aliphatic rings. The summed E-state index contributed by atoms with van der Waals surface area (Å²) in [5.41, 5.74) is 2.59. The van der Waals surface area contributed by atoms with Gasteiger partial charge in [0.1, 0.15) is 25.0 Å². The van der Waals surface area contributed by atoms with Gasteiger partial charge < -0.3 is 14.0 Å². The Kier molecular flexibility index (Phi) is 15.1. The van der Waals surface area contributed by atoms with Crippen molar-refractivity contribution in [3.05, 3.63) is 65.7 Å². The van der Waals surface area contributed by atoms with Crippen molar-refractivity contribution in [2.45, 2.75) is 117 Å². The molecule has 0 aliphatic carbocycles. The maximum atomic E-state index is 13.2. The molecular formula is C34H54NO3+. The zero-order valence-electron chi connectivity index (χ0n) is 24.9. The summed E-state index contributed by atoms with van der Waals surface area (Å²) in [6, 6.07) is 18.6. The number of benzene rings is 2. The average molecular weight is 525 g/mol. The number of carbonyl (C=O) groups is 1. The van der Waals surface area contributed by atoms with E-state index in [9.17, 15) is 4.79 Å². The van der Waals surface area contributed by atoms with Crippen LogP contribution >= 0.6 is 0 Å². The quantitative estimate of drug-likeness (QED) is 0.0989. The van der Waals surface area contributed by atoms with Crippen LogP contribution in [0, 0.1) is 0 Å². The van der Waals surface area contributed by atoms with E-state index in [1.165, 1.54) is 62.5 Å². The Morgan fingerprint density at radius 2 is 1.39 bits per heavy atom. The van der Waals surface area contributed by atoms with E-state index in [2.05, 4.69) is 83.4 Å². The molecule has 0 aromatic heterocycles. The van der Waals surface area contributed by atoms with Crippen molar-refractivity contribution in [2.24, 2.45) is 0 Å². The predicted octanol–water partition coefficient (Wildman–Crippen LogP) is 8.52. The van der Waals surface area contributed by atoms with Crippen molar-refractivity contribution in [3.8, 4) is 5.75 Å². The van der Waals surface area contributed by atoms with E-state index in [0.29, 0.717) is 4.48 Å². The van der Waals surface area contributed by atoms with Gasteiger partial charge in [-0.05, 0) is 43.4 Å². The number of rotatable bonds is 20. The molecule has 2 atom stereocenters. The average Bonchev–Trinajstić information content (AvgIpc) is 2.92. The third kappa shape index (κ3) is 12.0. The standard InChI is InChI=1S/C34H54NO3/c1-6-9-10-11-12-13-14-16-20-29-23-25-32(26-24-29)38-31(8-3)28-37-34(36)33(19-7-2)35(4,5)27-30-21-17-15-18-22-30/h15,17-18,21-26,31,33H,6-14,16,19-20,27-28H2,1-5H3/q+1. The van der Waals surface area contributed by atoms with Crippen LogP contribution in [0.1, 0.15) is 103 Å². The fourth-order valence-electron chi connectivity index (χ4n) is 5.09. The summed E-state index contributed by atoms with van der Waals surface area (Å²) in [5.74, 6) is 0.716. The Balaban J connectivity index is 1.79. The number of nitrogens with zero attached hydrogens (tertiary/aromatic N) is 1. The summed E-state index contributed by atoms with van der Waals surface area (Å²) in [6.45, 7) is 7.54. The largest absolute Gasteiger partial charge is 0.487 e. The summed E-state index contributed by atoms with van der Waals surface area (Å²) >= 11 is 0. The first-order valence-corrected chi connectivity index (χ1v) is 15.2. The number of aryl methyl sites for hydroxylation is 1. The number of hydrogen-bond donors (Lipinski definition) is 0. The van der Waals surface area contributed by atoms with Gasteiger partial charge in [0, 0.05) is 12.0 Å². The SMILES string of the molecule is CCCCCCCCCCc1ccc(OC(CC)COC(=O)C(CCC)[N+](C)(C)Cc2ccccc2)cc1. The lowest BCUT2D eigenvalue weighted by Gasteiger charge is -2.36. The predicted molar refractivity (Wildman–Crippen MR) is 159 cm³/mol. The number of ether oxygens (including phenoxy) is 2. The minimum Gasteiger partial charge on any atom is -0.487 e. The van der Waals surface area contributed by atoms with Gasteiger partial charge >= 0.3 is 5.97 Å². The van der Waals surface area contributed by atoms with Crippen molar-refractivity contribution in [1.82, 2.24) is 0 Å². The molecule has 0 amide bonds. The lowest BCUT2D eigenvalue weighted by molar-refractivity contribution is -0.920. The molecule has 212 valence electrons. The lowest BCUT2D eigenvalue weighted by atomic mass is 10.0. The molecule has 38 heavy (non-hydrogen) atoms. The van der Waals surface area contributed by atoms with E-state index in [1.54, 1.807) is 0 Å². The van der Waals surface area contributed by atoms with Crippen molar-refractivity contribution in [1.29, 1.82) is 0 Å². The van der Waals surface area contributed by atoms with Crippen LogP contribution in [0.2, 0.25) is 0 Å². The Bertz CT molecular complexity index is 878. The molecule has 0 bridgehead atoms. The topological polar surface area (TPSA) is 35.5 Å². The molecule has 0 aliphatic heterocycles. The van der Waals surface area contributed by atoms with Crippen molar-refractivity contribution < 1.29 is 18.8 Å². The molecule has 2 unspecified atom stereocenters. The summed E-state index contributed by atoms with van der Waals surface area (Å²) in [5, 5.41) is 0. The summed E-state index contributed by atoms with van der Waals surface area (Å²) in [7, 11) is 4.25. The van der Waals surface area contributed by atoms with Gasteiger partial charge in [-0.2, -0.15) is 0 Å². The van der Waals surface area contributed by atoms with Gasteiger partial charge in [-0.1, -0.05) is 108 Å². The van der Waals surface area contributed by atoms with Crippen molar-refractivity contribution in [2.75, 3.05) is 20.7 Å². The highest BCUT2D eigenvalue weighted by molar-refractivity contribution is 5.74. The Morgan fingerprint density at radius 1 is 0.763 bits per heavy atom. The third-order valence-corrected chi connectivity index (χ3v) is 7.52. The maximum Gasteiger partial charge on any atom is 0.365 e. The molecule has 0 saturated heterocycles. The molecule has 0 radical (unpaired) electrons. The van der Waals surface area contributed by atoms with Crippen LogP contribution in [0.15, 0.2) is 54.6 Å². The number of esters is 1. The first-order valence-electron chi connectivity index (χ1n) is 15.2. The highest BCUT2D eigenvalue weighted by Gasteiger charge is 2.36. The Hall–Kier alpha value is -2.33. The van der Waals surface area contributed by atoms with E-state index in [0.717, 1.165) is 38.0 Å². The minimum atomic E-state index is -0.201. The van der Waals surface area contributed by atoms with E-state index >= 15 is 0 Å². The first kappa shape index (κ1) is 31.9. The Morgan fingerprint density at radius 3 is 2.00 bits per heavy atom. The van der Waals surface area contributed by atoms with Crippen LogP contribution in [0.25, 0.3) is 0 Å². The van der Waals surface area contributed by atoms with Gasteiger partial charge in [0.25, 0.3) is 0 Å². The molecule has 0 saturated carbocycles. The molecule has 4 nitrogen and oxygen atoms in total. The van der Waals surface area contributed by atoms with Gasteiger partial charge in [-0.15, -0.1) is 0 Å². The van der Waals surface area contributed by atoms with Gasteiger partial charge in [-0.3, -0.25) is 0 Å². The molecule has 2 aromatic carbocycles. The number of likely N-dealkylation sites (N-methyl/N-ethyl adjacent to an activating group) is 1. The summed E-state index contributed by atoms with van der Waals surface area (Å²) < 4.78 is 12.6. The molecule has 2 aromatic rings. The zero-order valence-corrected chi connectivity index (χ0v) is 24.9. The maximum absolute atomic E-state index is 13.2. The normalized spacial score (nSPS) is 13.2. The van der Waals surface area contributed by atoms with Crippen LogP contribution < -0.4 is 4.74 Å². The van der Waals surface area contributed by atoms with Gasteiger partial charge in [0.05, 0.1) is 14.1 Å². The zero-order chi connectivity index (χ0) is 27.6. The molecular weight excluding hydrogens is 470 g/mol. The number of carbonyl (C=O) groups excluding carboxylic acids is 1. The second-order valence-corrected chi connectivity index (χ2v) is 11.4. The second-order valence-electron chi connectivity index (χ2n) is 11.4. The van der Waals surface area contributed by atoms with Gasteiger partial charge in [0.2, 0.25) is 0 Å². The molecule has 0 fully saturated rings. The highest BCUT2D eigenvalue weighted by atomic mass is 16.6. The van der Waals surface area contributed by atoms with Crippen molar-refractivity contribution in [3.63, 3.8) is 0 Å². The molecule has 0 N–H and O–H groups in total. The smallest absolute Gasteiger partial charge is 0.365 e. The van der Waals surface area contributed by atoms with Crippen LogP contribution in [0.3, 0.4) is 0 Å². The third-order valence-electron chi connectivity index (χ3n) is 7.52. The Labute approximate surface area is 233 Å². The van der Waals surface area contributed by atoms with Crippen LogP contribution in [0.4, 0.5) is 0 Å². The number of hydrogen-bond acceptors (Lipinski definition) is 3. The van der Waals surface area contributed by atoms with Crippen molar-refractivity contribution >= 4 is 5.97 Å². The first-order chi connectivity index (χ1) is 18.4. The lowest BCUT2D eigenvalue weighted by Crippen LogP contribution is -2.53. The summed E-state index contributed by atoms with van der Waals surface area (Å²) in [6.07, 6.45) is 14.3. The van der Waals surface area contributed by atoms with Crippen LogP contribution in [-0.2, 0) is 22.5 Å². The molecule has 2 rings (SSSR count). The van der Waals surface area contributed by atoms with Gasteiger partial charge in [-0.25, -0.2) is 4.79 Å². The fourth-order valence-corrected chi connectivity index (χ4v) is 5.09. The van der Waals surface area contributed by atoms with Crippen LogP contribution in [0.5, 0.6) is 5.75 Å². The van der Waals surface area contributed by atoms with Gasteiger partial charge in [0.15, 0.2) is 6.04 Å². The monoisotopic (exact) mass is 524 g/mol. The van der Waals surface area contributed by atoms with E-state index in [4.69, 9.17) is 9.47 Å². The fraction of sp³-hybridized carbons (Fsp3) is 0.618. The molecule has 4 heteroatoms. The van der Waals surface area contributed by atoms with E-state index < -0.39 is 0 Å². The molecule has 0 heterocycles. The second kappa shape index (κ2) is 18.0.